The fourth-order valence-electron chi connectivity index (χ4n) is 3.08. The summed E-state index contributed by atoms with van der Waals surface area (Å²) in [6, 6.07) is 14.0. The molecule has 1 aromatic carbocycles. The Labute approximate surface area is 159 Å². The highest BCUT2D eigenvalue weighted by molar-refractivity contribution is 6.35. The maximum atomic E-state index is 11.8. The van der Waals surface area contributed by atoms with E-state index in [0.717, 1.165) is 39.3 Å². The van der Waals surface area contributed by atoms with Crippen LogP contribution in [0.1, 0.15) is 11.3 Å². The van der Waals surface area contributed by atoms with Crippen LogP contribution >= 0.6 is 0 Å². The van der Waals surface area contributed by atoms with Crippen molar-refractivity contribution in [1.29, 1.82) is 0 Å². The lowest BCUT2D eigenvalue weighted by Gasteiger charge is -2.34. The fourth-order valence-corrected chi connectivity index (χ4v) is 3.08. The molecule has 1 aliphatic heterocycles. The molecule has 2 amide bonds. The summed E-state index contributed by atoms with van der Waals surface area (Å²) in [5.74, 6) is -0.632. The highest BCUT2D eigenvalue weighted by Crippen LogP contribution is 2.08. The number of rotatable bonds is 7. The van der Waals surface area contributed by atoms with Crippen molar-refractivity contribution in [3.8, 4) is 0 Å². The molecule has 7 heteroatoms. The number of hydrogen-bond acceptors (Lipinski definition) is 5. The number of nitrogens with one attached hydrogen (secondary N) is 2. The molecule has 3 rings (SSSR count). The van der Waals surface area contributed by atoms with E-state index in [1.54, 1.807) is 12.1 Å². The van der Waals surface area contributed by atoms with Crippen LogP contribution in [0.3, 0.4) is 0 Å². The van der Waals surface area contributed by atoms with Gasteiger partial charge in [0, 0.05) is 45.8 Å². The van der Waals surface area contributed by atoms with E-state index < -0.39 is 11.8 Å². The van der Waals surface area contributed by atoms with Gasteiger partial charge in [-0.3, -0.25) is 19.4 Å². The Kier molecular flexibility index (Phi) is 7.01. The Morgan fingerprint density at radius 2 is 1.59 bits per heavy atom. The molecule has 0 aliphatic carbocycles. The molecule has 2 aromatic rings. The van der Waals surface area contributed by atoms with Gasteiger partial charge in [0.2, 0.25) is 0 Å². The average Bonchev–Trinajstić information content (AvgIpc) is 3.22. The first-order valence-corrected chi connectivity index (χ1v) is 9.28. The van der Waals surface area contributed by atoms with E-state index >= 15 is 0 Å². The van der Waals surface area contributed by atoms with Crippen LogP contribution in [0.4, 0.5) is 0 Å². The molecule has 0 unspecified atom stereocenters. The third-order valence-electron chi connectivity index (χ3n) is 4.64. The highest BCUT2D eigenvalue weighted by Gasteiger charge is 2.18. The topological polar surface area (TPSA) is 77.8 Å². The number of hydrogen-bond donors (Lipinski definition) is 2. The Morgan fingerprint density at radius 1 is 0.889 bits per heavy atom. The van der Waals surface area contributed by atoms with Gasteiger partial charge in [0.15, 0.2) is 0 Å². The molecule has 2 N–H and O–H groups in total. The quantitative estimate of drug-likeness (QED) is 0.706. The standard InChI is InChI=1S/C20H26N4O3/c25-19(20(26)22-15-18-7-4-14-27-18)21-8-9-23-10-12-24(13-11-23)16-17-5-2-1-3-6-17/h1-7,14H,8-13,15-16H2,(H,21,25)(H,22,26). The first-order valence-electron chi connectivity index (χ1n) is 9.28. The maximum absolute atomic E-state index is 11.8. The van der Waals surface area contributed by atoms with E-state index in [0.29, 0.717) is 12.3 Å². The van der Waals surface area contributed by atoms with E-state index in [2.05, 4.69) is 44.7 Å². The minimum absolute atomic E-state index is 0.211. The minimum atomic E-state index is -0.640. The average molecular weight is 370 g/mol. The number of piperazine rings is 1. The number of furan rings is 1. The van der Waals surface area contributed by atoms with Crippen molar-refractivity contribution in [2.24, 2.45) is 0 Å². The zero-order valence-corrected chi connectivity index (χ0v) is 15.4. The third kappa shape index (κ3) is 6.23. The predicted molar refractivity (Wildman–Crippen MR) is 102 cm³/mol. The van der Waals surface area contributed by atoms with Gasteiger partial charge in [-0.05, 0) is 17.7 Å². The van der Waals surface area contributed by atoms with Crippen molar-refractivity contribution < 1.29 is 14.0 Å². The summed E-state index contributed by atoms with van der Waals surface area (Å²) < 4.78 is 5.11. The van der Waals surface area contributed by atoms with Crippen LogP contribution in [0.25, 0.3) is 0 Å². The summed E-state index contributed by atoms with van der Waals surface area (Å²) >= 11 is 0. The monoisotopic (exact) mass is 370 g/mol. The first-order chi connectivity index (χ1) is 13.2. The number of nitrogens with zero attached hydrogens (tertiary/aromatic N) is 2. The van der Waals surface area contributed by atoms with Gasteiger partial charge < -0.3 is 15.1 Å². The number of carbonyl (C=O) groups excluding carboxylic acids is 2. The zero-order valence-electron chi connectivity index (χ0n) is 15.4. The van der Waals surface area contributed by atoms with Crippen LogP contribution in [0.5, 0.6) is 0 Å². The molecule has 144 valence electrons. The molecular weight excluding hydrogens is 344 g/mol. The van der Waals surface area contributed by atoms with Gasteiger partial charge >= 0.3 is 11.8 Å². The molecule has 1 aromatic heterocycles. The summed E-state index contributed by atoms with van der Waals surface area (Å²) in [6.07, 6.45) is 1.53. The van der Waals surface area contributed by atoms with Gasteiger partial charge in [0.1, 0.15) is 5.76 Å². The second-order valence-electron chi connectivity index (χ2n) is 6.62. The molecule has 1 aliphatic rings. The SMILES string of the molecule is O=C(NCCN1CCN(Cc2ccccc2)CC1)C(=O)NCc1ccco1. The fraction of sp³-hybridized carbons (Fsp3) is 0.400. The van der Waals surface area contributed by atoms with Crippen molar-refractivity contribution >= 4 is 11.8 Å². The molecule has 1 fully saturated rings. The zero-order chi connectivity index (χ0) is 18.9. The summed E-state index contributed by atoms with van der Waals surface area (Å²) in [5.41, 5.74) is 1.33. The van der Waals surface area contributed by atoms with E-state index in [1.807, 2.05) is 6.07 Å². The van der Waals surface area contributed by atoms with Gasteiger partial charge in [-0.2, -0.15) is 0 Å². The molecule has 2 heterocycles. The van der Waals surface area contributed by atoms with E-state index in [1.165, 1.54) is 11.8 Å². The highest BCUT2D eigenvalue weighted by atomic mass is 16.3. The molecule has 0 radical (unpaired) electrons. The van der Waals surface area contributed by atoms with Crippen molar-refractivity contribution in [3.05, 3.63) is 60.1 Å². The lowest BCUT2D eigenvalue weighted by Crippen LogP contribution is -2.49. The van der Waals surface area contributed by atoms with E-state index in [4.69, 9.17) is 4.42 Å². The molecule has 0 spiro atoms. The van der Waals surface area contributed by atoms with Crippen molar-refractivity contribution in [1.82, 2.24) is 20.4 Å². The Bertz CT molecular complexity index is 710. The lowest BCUT2D eigenvalue weighted by atomic mass is 10.2. The molecule has 0 saturated carbocycles. The molecular formula is C20H26N4O3. The minimum Gasteiger partial charge on any atom is -0.467 e. The van der Waals surface area contributed by atoms with Crippen LogP contribution in [-0.2, 0) is 22.7 Å². The van der Waals surface area contributed by atoms with Gasteiger partial charge in [-0.15, -0.1) is 0 Å². The largest absolute Gasteiger partial charge is 0.467 e. The van der Waals surface area contributed by atoms with Gasteiger partial charge in [-0.25, -0.2) is 0 Å². The van der Waals surface area contributed by atoms with Crippen molar-refractivity contribution in [3.63, 3.8) is 0 Å². The molecule has 27 heavy (non-hydrogen) atoms. The maximum Gasteiger partial charge on any atom is 0.309 e. The van der Waals surface area contributed by atoms with Crippen LogP contribution in [0.2, 0.25) is 0 Å². The smallest absolute Gasteiger partial charge is 0.309 e. The predicted octanol–water partition coefficient (Wildman–Crippen LogP) is 0.830. The van der Waals surface area contributed by atoms with Gasteiger partial charge in [0.05, 0.1) is 12.8 Å². The van der Waals surface area contributed by atoms with Gasteiger partial charge in [-0.1, -0.05) is 30.3 Å². The molecule has 0 atom stereocenters. The van der Waals surface area contributed by atoms with Crippen LogP contribution in [-0.4, -0.2) is 60.9 Å². The molecule has 7 nitrogen and oxygen atoms in total. The lowest BCUT2D eigenvalue weighted by molar-refractivity contribution is -0.139. The Balaban J connectivity index is 1.28. The van der Waals surface area contributed by atoms with Gasteiger partial charge in [0.25, 0.3) is 0 Å². The number of benzene rings is 1. The third-order valence-corrected chi connectivity index (χ3v) is 4.64. The summed E-state index contributed by atoms with van der Waals surface area (Å²) in [6.45, 7) is 6.34. The van der Waals surface area contributed by atoms with Crippen LogP contribution < -0.4 is 10.6 Å². The van der Waals surface area contributed by atoms with Crippen LogP contribution in [0.15, 0.2) is 53.1 Å². The van der Waals surface area contributed by atoms with E-state index in [-0.39, 0.29) is 6.54 Å². The normalized spacial score (nSPS) is 15.4. The summed E-state index contributed by atoms with van der Waals surface area (Å²) in [7, 11) is 0. The Hall–Kier alpha value is -2.64. The molecule has 0 bridgehead atoms. The first kappa shape index (κ1) is 19.1. The number of carbonyl (C=O) groups is 2. The number of amides is 2. The second-order valence-corrected chi connectivity index (χ2v) is 6.62. The Morgan fingerprint density at radius 3 is 2.30 bits per heavy atom. The molecule has 1 saturated heterocycles. The van der Waals surface area contributed by atoms with Crippen LogP contribution in [0, 0.1) is 0 Å². The van der Waals surface area contributed by atoms with E-state index in [9.17, 15) is 9.59 Å². The second kappa shape index (κ2) is 9.89. The summed E-state index contributed by atoms with van der Waals surface area (Å²) in [4.78, 5) is 28.3. The summed E-state index contributed by atoms with van der Waals surface area (Å²) in [5, 5.41) is 5.21. The van der Waals surface area contributed by atoms with Crippen molar-refractivity contribution in [2.75, 3.05) is 39.3 Å². The van der Waals surface area contributed by atoms with Crippen molar-refractivity contribution in [2.45, 2.75) is 13.1 Å².